The minimum absolute atomic E-state index is 0.182. The summed E-state index contributed by atoms with van der Waals surface area (Å²) in [6.07, 6.45) is 2.89. The number of carboxylic acid groups (broad SMARTS) is 1. The molecule has 0 aliphatic rings. The van der Waals surface area contributed by atoms with Crippen LogP contribution in [0, 0.1) is 5.82 Å². The molecule has 2 aromatic rings. The number of benzene rings is 1. The Kier molecular flexibility index (Phi) is 5.31. The van der Waals surface area contributed by atoms with Gasteiger partial charge in [0, 0.05) is 12.4 Å². The summed E-state index contributed by atoms with van der Waals surface area (Å²) in [6, 6.07) is 6.62. The first kappa shape index (κ1) is 15.8. The van der Waals surface area contributed by atoms with Crippen LogP contribution in [0.15, 0.2) is 42.7 Å². The van der Waals surface area contributed by atoms with Crippen molar-refractivity contribution in [3.8, 4) is 0 Å². The van der Waals surface area contributed by atoms with Crippen molar-refractivity contribution in [2.45, 2.75) is 12.5 Å². The molecule has 0 saturated carbocycles. The lowest BCUT2D eigenvalue weighted by Crippen LogP contribution is -2.34. The Morgan fingerprint density at radius 3 is 2.50 bits per heavy atom. The van der Waals surface area contributed by atoms with Crippen molar-refractivity contribution in [2.24, 2.45) is 0 Å². The second-order valence-corrected chi connectivity index (χ2v) is 4.78. The van der Waals surface area contributed by atoms with E-state index in [4.69, 9.17) is 17.3 Å². The lowest BCUT2D eigenvalue weighted by atomic mass is 10.0. The van der Waals surface area contributed by atoms with Crippen molar-refractivity contribution in [2.75, 3.05) is 5.32 Å². The molecule has 22 heavy (non-hydrogen) atoms. The summed E-state index contributed by atoms with van der Waals surface area (Å²) in [7, 11) is 0. The second-order valence-electron chi connectivity index (χ2n) is 4.37. The van der Waals surface area contributed by atoms with Gasteiger partial charge in [0.2, 0.25) is 5.95 Å². The first-order valence-corrected chi connectivity index (χ1v) is 6.77. The first-order chi connectivity index (χ1) is 10.5. The lowest BCUT2D eigenvalue weighted by Gasteiger charge is -2.19. The van der Waals surface area contributed by atoms with Gasteiger partial charge in [0.1, 0.15) is 5.82 Å². The summed E-state index contributed by atoms with van der Waals surface area (Å²) < 4.78 is 13.0. The van der Waals surface area contributed by atoms with Gasteiger partial charge in [-0.15, -0.1) is 0 Å². The molecular weight excluding hydrogens is 307 g/mol. The molecule has 0 radical (unpaired) electrons. The number of nitrogens with zero attached hydrogens (tertiary/aromatic N) is 2. The Morgan fingerprint density at radius 1 is 1.27 bits per heavy atom. The first-order valence-electron chi connectivity index (χ1n) is 6.36. The molecule has 114 valence electrons. The van der Waals surface area contributed by atoms with Crippen LogP contribution in [0.2, 0.25) is 0 Å². The molecule has 0 aliphatic heterocycles. The average molecular weight is 320 g/mol. The lowest BCUT2D eigenvalue weighted by molar-refractivity contribution is -0.137. The van der Waals surface area contributed by atoms with E-state index in [1.54, 1.807) is 18.5 Å². The molecule has 2 rings (SSSR count). The number of halogens is 1. The number of rotatable bonds is 5. The van der Waals surface area contributed by atoms with Crippen LogP contribution in [0.1, 0.15) is 18.0 Å². The summed E-state index contributed by atoms with van der Waals surface area (Å²) in [5, 5.41) is 14.8. The molecule has 1 aromatic carbocycles. The van der Waals surface area contributed by atoms with Crippen LogP contribution in [0.3, 0.4) is 0 Å². The largest absolute Gasteiger partial charge is 0.481 e. The number of nitrogens with one attached hydrogen (secondary N) is 2. The molecule has 0 bridgehead atoms. The van der Waals surface area contributed by atoms with E-state index in [2.05, 4.69) is 20.6 Å². The fraction of sp³-hybridized carbons (Fsp3) is 0.143. The van der Waals surface area contributed by atoms with Crippen LogP contribution in [-0.2, 0) is 4.79 Å². The van der Waals surface area contributed by atoms with Gasteiger partial charge in [-0.25, -0.2) is 14.4 Å². The highest BCUT2D eigenvalue weighted by atomic mass is 32.1. The van der Waals surface area contributed by atoms with Crippen LogP contribution in [0.5, 0.6) is 0 Å². The number of carboxylic acids is 1. The van der Waals surface area contributed by atoms with Crippen LogP contribution in [0.25, 0.3) is 0 Å². The topological polar surface area (TPSA) is 87.1 Å². The fourth-order valence-corrected chi connectivity index (χ4v) is 2.01. The molecular formula is C14H13FN4O2S. The Morgan fingerprint density at radius 2 is 1.91 bits per heavy atom. The Hall–Kier alpha value is -2.61. The van der Waals surface area contributed by atoms with E-state index in [0.29, 0.717) is 11.5 Å². The third-order valence-corrected chi connectivity index (χ3v) is 2.97. The number of anilines is 1. The van der Waals surface area contributed by atoms with Crippen molar-refractivity contribution >= 4 is 29.2 Å². The summed E-state index contributed by atoms with van der Waals surface area (Å²) in [5.74, 6) is -1.09. The standard InChI is InChI=1S/C14H13FN4O2S/c15-10-4-2-9(3-5-10)11(8-12(20)21)18-14(22)19-13-16-6-1-7-17-13/h1-7,11H,8H2,(H,20,21)(H2,16,17,18,19,22). The molecule has 1 aromatic heterocycles. The van der Waals surface area contributed by atoms with Crippen molar-refractivity contribution in [1.29, 1.82) is 0 Å². The smallest absolute Gasteiger partial charge is 0.305 e. The quantitative estimate of drug-likeness (QED) is 0.727. The van der Waals surface area contributed by atoms with Gasteiger partial charge >= 0.3 is 5.97 Å². The molecule has 0 fully saturated rings. The van der Waals surface area contributed by atoms with Gasteiger partial charge in [0.15, 0.2) is 5.11 Å². The maximum absolute atomic E-state index is 13.0. The number of hydrogen-bond donors (Lipinski definition) is 3. The van der Waals surface area contributed by atoms with E-state index in [-0.39, 0.29) is 11.5 Å². The van der Waals surface area contributed by atoms with Gasteiger partial charge in [0.25, 0.3) is 0 Å². The Balaban J connectivity index is 2.07. The minimum Gasteiger partial charge on any atom is -0.481 e. The minimum atomic E-state index is -0.999. The van der Waals surface area contributed by atoms with E-state index in [1.165, 1.54) is 24.3 Å². The number of thiocarbonyl (C=S) groups is 1. The molecule has 0 spiro atoms. The number of hydrogen-bond acceptors (Lipinski definition) is 4. The molecule has 1 heterocycles. The number of aromatic nitrogens is 2. The van der Waals surface area contributed by atoms with E-state index in [0.717, 1.165) is 0 Å². The molecule has 0 saturated heterocycles. The molecule has 1 unspecified atom stereocenters. The molecule has 0 amide bonds. The van der Waals surface area contributed by atoms with Crippen LogP contribution < -0.4 is 10.6 Å². The summed E-state index contributed by atoms with van der Waals surface area (Å²) in [5.41, 5.74) is 0.613. The third-order valence-electron chi connectivity index (χ3n) is 2.75. The SMILES string of the molecule is O=C(O)CC(NC(=S)Nc1ncccn1)c1ccc(F)cc1. The predicted octanol–water partition coefficient (Wildman–Crippen LogP) is 2.12. The van der Waals surface area contributed by atoms with Crippen molar-refractivity contribution in [3.05, 3.63) is 54.1 Å². The van der Waals surface area contributed by atoms with Crippen LogP contribution >= 0.6 is 12.2 Å². The zero-order valence-corrected chi connectivity index (χ0v) is 12.2. The van der Waals surface area contributed by atoms with Gasteiger partial charge in [-0.3, -0.25) is 4.79 Å². The number of aliphatic carboxylic acids is 1. The molecule has 6 nitrogen and oxygen atoms in total. The molecule has 3 N–H and O–H groups in total. The second kappa shape index (κ2) is 7.41. The normalized spacial score (nSPS) is 11.5. The van der Waals surface area contributed by atoms with Gasteiger partial charge in [-0.2, -0.15) is 0 Å². The maximum atomic E-state index is 13.0. The zero-order valence-electron chi connectivity index (χ0n) is 11.4. The van der Waals surface area contributed by atoms with Crippen molar-refractivity contribution in [1.82, 2.24) is 15.3 Å². The highest BCUT2D eigenvalue weighted by Crippen LogP contribution is 2.17. The zero-order chi connectivity index (χ0) is 15.9. The Bertz CT molecular complexity index is 652. The molecule has 0 aliphatic carbocycles. The Labute approximate surface area is 131 Å². The summed E-state index contributed by atoms with van der Waals surface area (Å²) in [6.45, 7) is 0. The van der Waals surface area contributed by atoms with E-state index >= 15 is 0 Å². The average Bonchev–Trinajstić information content (AvgIpc) is 2.48. The summed E-state index contributed by atoms with van der Waals surface area (Å²) >= 11 is 5.12. The van der Waals surface area contributed by atoms with Gasteiger partial charge < -0.3 is 15.7 Å². The van der Waals surface area contributed by atoms with Crippen LogP contribution in [-0.4, -0.2) is 26.2 Å². The monoisotopic (exact) mass is 320 g/mol. The predicted molar refractivity (Wildman–Crippen MR) is 82.8 cm³/mol. The van der Waals surface area contributed by atoms with Gasteiger partial charge in [-0.1, -0.05) is 12.1 Å². The van der Waals surface area contributed by atoms with Crippen molar-refractivity contribution in [3.63, 3.8) is 0 Å². The molecule has 8 heteroatoms. The van der Waals surface area contributed by atoms with Gasteiger partial charge in [0.05, 0.1) is 12.5 Å². The van der Waals surface area contributed by atoms with Gasteiger partial charge in [-0.05, 0) is 36.0 Å². The maximum Gasteiger partial charge on any atom is 0.305 e. The highest BCUT2D eigenvalue weighted by Gasteiger charge is 2.17. The van der Waals surface area contributed by atoms with E-state index < -0.39 is 17.8 Å². The van der Waals surface area contributed by atoms with Crippen LogP contribution in [0.4, 0.5) is 10.3 Å². The molecule has 1 atom stereocenters. The van der Waals surface area contributed by atoms with E-state index in [9.17, 15) is 9.18 Å². The summed E-state index contributed by atoms with van der Waals surface area (Å²) in [4.78, 5) is 18.9. The van der Waals surface area contributed by atoms with E-state index in [1.807, 2.05) is 0 Å². The van der Waals surface area contributed by atoms with Crippen molar-refractivity contribution < 1.29 is 14.3 Å². The number of carbonyl (C=O) groups is 1. The highest BCUT2D eigenvalue weighted by molar-refractivity contribution is 7.80. The fourth-order valence-electron chi connectivity index (χ4n) is 1.78. The third kappa shape index (κ3) is 4.74.